The van der Waals surface area contributed by atoms with E-state index in [2.05, 4.69) is 16.7 Å². The molecule has 1 aliphatic rings. The molecule has 1 aromatic carbocycles. The number of amides is 1. The molecule has 5 heteroatoms. The predicted octanol–water partition coefficient (Wildman–Crippen LogP) is 4.18. The molecule has 1 saturated heterocycles. The van der Waals surface area contributed by atoms with E-state index < -0.39 is 0 Å². The molecule has 2 heterocycles. The minimum absolute atomic E-state index is 0.00423. The Morgan fingerprint density at radius 3 is 2.55 bits per heavy atom. The van der Waals surface area contributed by atoms with Crippen LogP contribution in [-0.4, -0.2) is 25.2 Å². The summed E-state index contributed by atoms with van der Waals surface area (Å²) in [7, 11) is 2.01. The number of para-hydroxylation sites is 1. The van der Waals surface area contributed by atoms with Crippen molar-refractivity contribution in [1.82, 2.24) is 9.47 Å². The molecule has 0 saturated carbocycles. The second kappa shape index (κ2) is 5.25. The van der Waals surface area contributed by atoms with Gasteiger partial charge < -0.3 is 4.57 Å². The SMILES string of the molecule is Cn1cc(/C=C2\SC(=S)N(C(C)(C)C)C2=O)c2ccccc21. The number of aromatic nitrogens is 1. The van der Waals surface area contributed by atoms with Gasteiger partial charge in [0.25, 0.3) is 5.91 Å². The molecule has 0 unspecified atom stereocenters. The number of hydrogen-bond donors (Lipinski definition) is 0. The van der Waals surface area contributed by atoms with Crippen LogP contribution in [0.5, 0.6) is 0 Å². The topological polar surface area (TPSA) is 25.2 Å². The number of thioether (sulfide) groups is 1. The van der Waals surface area contributed by atoms with E-state index in [1.807, 2.05) is 52.2 Å². The van der Waals surface area contributed by atoms with E-state index in [-0.39, 0.29) is 11.4 Å². The molecule has 0 atom stereocenters. The van der Waals surface area contributed by atoms with Crippen LogP contribution in [0.2, 0.25) is 0 Å². The van der Waals surface area contributed by atoms with Crippen LogP contribution in [-0.2, 0) is 11.8 Å². The predicted molar refractivity (Wildman–Crippen MR) is 97.7 cm³/mol. The molecule has 1 amide bonds. The number of carbonyl (C=O) groups is 1. The van der Waals surface area contributed by atoms with E-state index in [4.69, 9.17) is 12.2 Å². The fourth-order valence-electron chi connectivity index (χ4n) is 2.68. The molecule has 114 valence electrons. The molecule has 1 fully saturated rings. The minimum atomic E-state index is -0.296. The Bertz CT molecular complexity index is 812. The third kappa shape index (κ3) is 2.48. The first kappa shape index (κ1) is 15.3. The van der Waals surface area contributed by atoms with E-state index in [1.165, 1.54) is 11.8 Å². The smallest absolute Gasteiger partial charge is 0.266 e. The van der Waals surface area contributed by atoms with Gasteiger partial charge in [0.2, 0.25) is 0 Å². The average molecular weight is 330 g/mol. The van der Waals surface area contributed by atoms with Gasteiger partial charge in [-0.3, -0.25) is 9.69 Å². The molecular weight excluding hydrogens is 312 g/mol. The van der Waals surface area contributed by atoms with Crippen molar-refractivity contribution in [2.75, 3.05) is 0 Å². The second-order valence-electron chi connectivity index (χ2n) is 6.40. The van der Waals surface area contributed by atoms with Crippen molar-refractivity contribution in [3.63, 3.8) is 0 Å². The molecule has 0 spiro atoms. The highest BCUT2D eigenvalue weighted by molar-refractivity contribution is 8.26. The zero-order valence-corrected chi connectivity index (χ0v) is 14.7. The van der Waals surface area contributed by atoms with Crippen LogP contribution in [0.1, 0.15) is 26.3 Å². The Hall–Kier alpha value is -1.59. The van der Waals surface area contributed by atoms with Gasteiger partial charge in [-0.1, -0.05) is 42.2 Å². The van der Waals surface area contributed by atoms with Crippen LogP contribution in [0, 0.1) is 0 Å². The Labute approximate surface area is 140 Å². The van der Waals surface area contributed by atoms with E-state index in [9.17, 15) is 4.79 Å². The molecule has 0 bridgehead atoms. The van der Waals surface area contributed by atoms with Crippen LogP contribution in [0.4, 0.5) is 0 Å². The van der Waals surface area contributed by atoms with Gasteiger partial charge in [0.1, 0.15) is 4.32 Å². The largest absolute Gasteiger partial charge is 0.350 e. The van der Waals surface area contributed by atoms with Crippen LogP contribution in [0.3, 0.4) is 0 Å². The van der Waals surface area contributed by atoms with Gasteiger partial charge in [0.05, 0.1) is 4.91 Å². The summed E-state index contributed by atoms with van der Waals surface area (Å²) in [6, 6.07) is 8.18. The highest BCUT2D eigenvalue weighted by Crippen LogP contribution is 2.37. The number of nitrogens with zero attached hydrogens (tertiary/aromatic N) is 2. The molecule has 1 aromatic heterocycles. The van der Waals surface area contributed by atoms with Crippen molar-refractivity contribution in [3.8, 4) is 0 Å². The van der Waals surface area contributed by atoms with E-state index in [0.29, 0.717) is 9.23 Å². The Balaban J connectivity index is 2.06. The maximum absolute atomic E-state index is 12.7. The summed E-state index contributed by atoms with van der Waals surface area (Å²) >= 11 is 6.76. The quantitative estimate of drug-likeness (QED) is 0.579. The maximum Gasteiger partial charge on any atom is 0.266 e. The first-order chi connectivity index (χ1) is 10.3. The highest BCUT2D eigenvalue weighted by atomic mass is 32.2. The zero-order chi connectivity index (χ0) is 16.1. The van der Waals surface area contributed by atoms with Crippen molar-refractivity contribution < 1.29 is 4.79 Å². The van der Waals surface area contributed by atoms with E-state index in [0.717, 1.165) is 16.5 Å². The van der Waals surface area contributed by atoms with Gasteiger partial charge in [0, 0.05) is 35.2 Å². The Kier molecular flexibility index (Phi) is 3.65. The third-order valence-electron chi connectivity index (χ3n) is 3.68. The molecule has 3 rings (SSSR count). The number of fused-ring (bicyclic) bond motifs is 1. The molecule has 0 N–H and O–H groups in total. The monoisotopic (exact) mass is 330 g/mol. The fraction of sp³-hybridized carbons (Fsp3) is 0.294. The van der Waals surface area contributed by atoms with Crippen LogP contribution >= 0.6 is 24.0 Å². The minimum Gasteiger partial charge on any atom is -0.350 e. The van der Waals surface area contributed by atoms with Crippen molar-refractivity contribution in [2.45, 2.75) is 26.3 Å². The Morgan fingerprint density at radius 1 is 1.23 bits per heavy atom. The Morgan fingerprint density at radius 2 is 1.91 bits per heavy atom. The van der Waals surface area contributed by atoms with Gasteiger partial charge in [-0.25, -0.2) is 0 Å². The zero-order valence-electron chi connectivity index (χ0n) is 13.1. The summed E-state index contributed by atoms with van der Waals surface area (Å²) in [5.41, 5.74) is 1.91. The van der Waals surface area contributed by atoms with Crippen molar-refractivity contribution in [2.24, 2.45) is 7.05 Å². The average Bonchev–Trinajstić information content (AvgIpc) is 2.88. The number of thiocarbonyl (C=S) groups is 1. The summed E-state index contributed by atoms with van der Waals surface area (Å²) in [5.74, 6) is -0.00423. The van der Waals surface area contributed by atoms with Crippen LogP contribution < -0.4 is 0 Å². The summed E-state index contributed by atoms with van der Waals surface area (Å²) < 4.78 is 2.70. The van der Waals surface area contributed by atoms with Crippen LogP contribution in [0.15, 0.2) is 35.4 Å². The maximum atomic E-state index is 12.7. The van der Waals surface area contributed by atoms with Crippen molar-refractivity contribution in [1.29, 1.82) is 0 Å². The second-order valence-corrected chi connectivity index (χ2v) is 8.08. The summed E-state index contributed by atoms with van der Waals surface area (Å²) in [6.45, 7) is 6.00. The van der Waals surface area contributed by atoms with E-state index in [1.54, 1.807) is 4.90 Å². The lowest BCUT2D eigenvalue weighted by Crippen LogP contribution is -2.44. The van der Waals surface area contributed by atoms with Crippen LogP contribution in [0.25, 0.3) is 17.0 Å². The normalized spacial score (nSPS) is 18.0. The lowest BCUT2D eigenvalue weighted by Gasteiger charge is -2.30. The molecular formula is C17H18N2OS2. The highest BCUT2D eigenvalue weighted by Gasteiger charge is 2.39. The van der Waals surface area contributed by atoms with E-state index >= 15 is 0 Å². The van der Waals surface area contributed by atoms with Gasteiger partial charge in [-0.05, 0) is 32.9 Å². The summed E-state index contributed by atoms with van der Waals surface area (Å²) in [6.07, 6.45) is 4.00. The molecule has 2 aromatic rings. The fourth-order valence-corrected chi connectivity index (χ4v) is 4.30. The molecule has 1 aliphatic heterocycles. The van der Waals surface area contributed by atoms with Gasteiger partial charge >= 0.3 is 0 Å². The molecule has 22 heavy (non-hydrogen) atoms. The van der Waals surface area contributed by atoms with Crippen molar-refractivity contribution in [3.05, 3.63) is 40.9 Å². The lowest BCUT2D eigenvalue weighted by molar-refractivity contribution is -0.125. The number of rotatable bonds is 1. The molecule has 0 radical (unpaired) electrons. The third-order valence-corrected chi connectivity index (χ3v) is 4.98. The molecule has 3 nitrogen and oxygen atoms in total. The summed E-state index contributed by atoms with van der Waals surface area (Å²) in [4.78, 5) is 15.0. The first-order valence-electron chi connectivity index (χ1n) is 7.11. The number of hydrogen-bond acceptors (Lipinski definition) is 3. The number of carbonyl (C=O) groups excluding carboxylic acids is 1. The summed E-state index contributed by atoms with van der Waals surface area (Å²) in [5, 5.41) is 1.14. The van der Waals surface area contributed by atoms with Gasteiger partial charge in [0.15, 0.2) is 0 Å². The molecule has 0 aliphatic carbocycles. The van der Waals surface area contributed by atoms with Crippen molar-refractivity contribution >= 4 is 51.2 Å². The van der Waals surface area contributed by atoms with Gasteiger partial charge in [-0.15, -0.1) is 0 Å². The number of aryl methyl sites for hydroxylation is 1. The number of benzene rings is 1. The van der Waals surface area contributed by atoms with Gasteiger partial charge in [-0.2, -0.15) is 0 Å². The lowest BCUT2D eigenvalue weighted by atomic mass is 10.1. The standard InChI is InChI=1S/C17H18N2OS2/c1-17(2,3)19-15(20)14(22-16(19)21)9-11-10-18(4)13-8-6-5-7-12(11)13/h5-10H,1-4H3/b14-9-. The first-order valence-corrected chi connectivity index (χ1v) is 8.33.